The summed E-state index contributed by atoms with van der Waals surface area (Å²) < 4.78 is 45.3. The summed E-state index contributed by atoms with van der Waals surface area (Å²) in [7, 11) is 0. The normalized spacial score (nSPS) is 15.5. The van der Waals surface area contributed by atoms with Crippen molar-refractivity contribution < 1.29 is 32.1 Å². The Kier molecular flexibility index (Phi) is 5.81. The molecule has 1 saturated heterocycles. The number of furan rings is 1. The fraction of sp³-hybridized carbons (Fsp3) is 0.0909. The van der Waals surface area contributed by atoms with Gasteiger partial charge in [0.2, 0.25) is 0 Å². The number of halogens is 3. The molecule has 4 rings (SSSR count). The summed E-state index contributed by atoms with van der Waals surface area (Å²) in [4.78, 5) is 36.5. The second kappa shape index (κ2) is 8.58. The van der Waals surface area contributed by atoms with E-state index in [9.17, 15) is 32.9 Å². The highest BCUT2D eigenvalue weighted by Gasteiger charge is 2.37. The minimum Gasteiger partial charge on any atom is -0.457 e. The first-order chi connectivity index (χ1) is 15.6. The van der Waals surface area contributed by atoms with Gasteiger partial charge in [-0.25, -0.2) is 0 Å². The molecule has 1 fully saturated rings. The third-order valence-corrected chi connectivity index (χ3v) is 5.70. The molecule has 0 unspecified atom stereocenters. The van der Waals surface area contributed by atoms with E-state index in [2.05, 4.69) is 0 Å². The number of rotatable bonds is 5. The molecule has 1 aliphatic heterocycles. The van der Waals surface area contributed by atoms with E-state index in [1.165, 1.54) is 54.6 Å². The van der Waals surface area contributed by atoms with Crippen LogP contribution in [0, 0.1) is 10.1 Å². The Balaban J connectivity index is 1.59. The van der Waals surface area contributed by atoms with Gasteiger partial charge in [-0.1, -0.05) is 36.4 Å². The maximum absolute atomic E-state index is 13.3. The standard InChI is InChI=1S/C22H13F3N2O5S/c23-22(24,25)16-7-3-2-6-15(16)18-10-9-14(32-18)11-19-20(28)26(21(29)33-19)12-13-5-1-4-8-17(13)27(30)31/h1-11H,12H2/b19-11+. The van der Waals surface area contributed by atoms with E-state index in [-0.39, 0.29) is 39.8 Å². The van der Waals surface area contributed by atoms with Crippen molar-refractivity contribution in [3.8, 4) is 11.3 Å². The van der Waals surface area contributed by atoms with E-state index in [0.29, 0.717) is 11.8 Å². The number of nitro benzene ring substituents is 1. The van der Waals surface area contributed by atoms with Gasteiger partial charge in [0.15, 0.2) is 0 Å². The van der Waals surface area contributed by atoms with Crippen molar-refractivity contribution in [1.82, 2.24) is 4.90 Å². The van der Waals surface area contributed by atoms with E-state index in [1.54, 1.807) is 6.07 Å². The van der Waals surface area contributed by atoms with Crippen LogP contribution in [0.1, 0.15) is 16.9 Å². The average Bonchev–Trinajstić information content (AvgIpc) is 3.34. The minimum atomic E-state index is -4.58. The van der Waals surface area contributed by atoms with Crippen molar-refractivity contribution in [2.75, 3.05) is 0 Å². The zero-order valence-electron chi connectivity index (χ0n) is 16.5. The maximum atomic E-state index is 13.3. The SMILES string of the molecule is O=C1S/C(=C/c2ccc(-c3ccccc3C(F)(F)F)o2)C(=O)N1Cc1ccccc1[N+](=O)[O-]. The van der Waals surface area contributed by atoms with E-state index in [4.69, 9.17) is 4.42 Å². The van der Waals surface area contributed by atoms with Crippen LogP contribution in [0.3, 0.4) is 0 Å². The minimum absolute atomic E-state index is 0.0106. The van der Waals surface area contributed by atoms with E-state index >= 15 is 0 Å². The topological polar surface area (TPSA) is 93.7 Å². The van der Waals surface area contributed by atoms with Gasteiger partial charge in [-0.2, -0.15) is 13.2 Å². The Morgan fingerprint density at radius 3 is 2.45 bits per heavy atom. The van der Waals surface area contributed by atoms with Crippen molar-refractivity contribution in [3.63, 3.8) is 0 Å². The summed E-state index contributed by atoms with van der Waals surface area (Å²) in [6.45, 7) is -0.290. The van der Waals surface area contributed by atoms with Crippen molar-refractivity contribution in [3.05, 3.63) is 92.6 Å². The van der Waals surface area contributed by atoms with Gasteiger partial charge in [-0.3, -0.25) is 24.6 Å². The molecule has 0 N–H and O–H groups in total. The van der Waals surface area contributed by atoms with Gasteiger partial charge in [-0.05, 0) is 30.0 Å². The lowest BCUT2D eigenvalue weighted by molar-refractivity contribution is -0.385. The summed E-state index contributed by atoms with van der Waals surface area (Å²) in [6, 6.07) is 13.4. The first kappa shape index (κ1) is 22.3. The smallest absolute Gasteiger partial charge is 0.417 e. The largest absolute Gasteiger partial charge is 0.457 e. The number of nitrogens with zero attached hydrogens (tertiary/aromatic N) is 2. The molecule has 0 aliphatic carbocycles. The highest BCUT2D eigenvalue weighted by molar-refractivity contribution is 8.18. The van der Waals surface area contributed by atoms with Crippen LogP contribution in [0.4, 0.5) is 23.7 Å². The van der Waals surface area contributed by atoms with Crippen molar-refractivity contribution in [1.29, 1.82) is 0 Å². The number of carbonyl (C=O) groups is 2. The molecule has 0 spiro atoms. The van der Waals surface area contributed by atoms with Crippen molar-refractivity contribution >= 4 is 34.7 Å². The highest BCUT2D eigenvalue weighted by Crippen LogP contribution is 2.39. The number of imide groups is 1. The van der Waals surface area contributed by atoms with Crippen LogP contribution in [-0.2, 0) is 17.5 Å². The molecule has 0 radical (unpaired) electrons. The molecule has 1 aliphatic rings. The molecule has 168 valence electrons. The Bertz CT molecular complexity index is 1300. The molecule has 0 bridgehead atoms. The number of hydrogen-bond acceptors (Lipinski definition) is 6. The Morgan fingerprint density at radius 2 is 1.73 bits per heavy atom. The van der Waals surface area contributed by atoms with Crippen LogP contribution in [-0.4, -0.2) is 21.0 Å². The number of para-hydroxylation sites is 1. The van der Waals surface area contributed by atoms with E-state index in [1.807, 2.05) is 0 Å². The zero-order valence-corrected chi connectivity index (χ0v) is 17.4. The van der Waals surface area contributed by atoms with Gasteiger partial charge in [0.1, 0.15) is 11.5 Å². The number of alkyl halides is 3. The summed E-state index contributed by atoms with van der Waals surface area (Å²) in [6.07, 6.45) is -3.32. The summed E-state index contributed by atoms with van der Waals surface area (Å²) in [5.41, 5.74) is -1.06. The molecular weight excluding hydrogens is 461 g/mol. The van der Waals surface area contributed by atoms with Gasteiger partial charge in [0.05, 0.1) is 21.9 Å². The lowest BCUT2D eigenvalue weighted by atomic mass is 10.1. The number of nitro groups is 1. The summed E-state index contributed by atoms with van der Waals surface area (Å²) in [5, 5.41) is 10.6. The fourth-order valence-electron chi connectivity index (χ4n) is 3.28. The second-order valence-corrected chi connectivity index (χ2v) is 7.89. The number of thioether (sulfide) groups is 1. The molecule has 1 aromatic heterocycles. The Labute approximate surface area is 188 Å². The quantitative estimate of drug-likeness (QED) is 0.252. The Morgan fingerprint density at radius 1 is 1.03 bits per heavy atom. The van der Waals surface area contributed by atoms with Crippen molar-refractivity contribution in [2.45, 2.75) is 12.7 Å². The molecule has 3 aromatic rings. The first-order valence-electron chi connectivity index (χ1n) is 9.39. The molecule has 0 atom stereocenters. The molecule has 11 heteroatoms. The van der Waals surface area contributed by atoms with Gasteiger partial charge < -0.3 is 4.42 Å². The number of amides is 2. The molecule has 2 amide bonds. The van der Waals surface area contributed by atoms with Crippen molar-refractivity contribution in [2.24, 2.45) is 0 Å². The molecule has 33 heavy (non-hydrogen) atoms. The average molecular weight is 474 g/mol. The predicted octanol–water partition coefficient (Wildman–Crippen LogP) is 6.11. The highest BCUT2D eigenvalue weighted by atomic mass is 32.2. The second-order valence-electron chi connectivity index (χ2n) is 6.90. The molecular formula is C22H13F3N2O5S. The van der Waals surface area contributed by atoms with Crippen LogP contribution in [0.25, 0.3) is 17.4 Å². The fourth-order valence-corrected chi connectivity index (χ4v) is 4.10. The lowest BCUT2D eigenvalue weighted by Gasteiger charge is -2.12. The van der Waals surface area contributed by atoms with Crippen LogP contribution in [0.15, 0.2) is 70.0 Å². The summed E-state index contributed by atoms with van der Waals surface area (Å²) in [5.74, 6) is -0.650. The number of carbonyl (C=O) groups excluding carboxylic acids is 2. The number of hydrogen-bond donors (Lipinski definition) is 0. The number of benzene rings is 2. The van der Waals surface area contributed by atoms with Crippen LogP contribution in [0.2, 0.25) is 0 Å². The van der Waals surface area contributed by atoms with Gasteiger partial charge in [-0.15, -0.1) is 0 Å². The first-order valence-corrected chi connectivity index (χ1v) is 10.2. The maximum Gasteiger partial charge on any atom is 0.417 e. The van der Waals surface area contributed by atoms with E-state index in [0.717, 1.165) is 11.0 Å². The lowest BCUT2D eigenvalue weighted by Crippen LogP contribution is -2.27. The van der Waals surface area contributed by atoms with Gasteiger partial charge >= 0.3 is 6.18 Å². The summed E-state index contributed by atoms with van der Waals surface area (Å²) >= 11 is 0.611. The molecule has 2 heterocycles. The van der Waals surface area contributed by atoms with Crippen LogP contribution in [0.5, 0.6) is 0 Å². The van der Waals surface area contributed by atoms with Gasteiger partial charge in [0.25, 0.3) is 16.8 Å². The third-order valence-electron chi connectivity index (χ3n) is 4.79. The molecule has 2 aromatic carbocycles. The van der Waals surface area contributed by atoms with Crippen LogP contribution < -0.4 is 0 Å². The monoisotopic (exact) mass is 474 g/mol. The van der Waals surface area contributed by atoms with Crippen LogP contribution >= 0.6 is 11.8 Å². The molecule has 7 nitrogen and oxygen atoms in total. The Hall–Kier alpha value is -3.86. The predicted molar refractivity (Wildman–Crippen MR) is 114 cm³/mol. The third kappa shape index (κ3) is 4.53. The molecule has 0 saturated carbocycles. The van der Waals surface area contributed by atoms with E-state index < -0.39 is 27.8 Å². The zero-order chi connectivity index (χ0) is 23.8. The van der Waals surface area contributed by atoms with Gasteiger partial charge in [0, 0.05) is 23.3 Å².